The van der Waals surface area contributed by atoms with Crippen LogP contribution in [0.2, 0.25) is 0 Å². The zero-order valence-electron chi connectivity index (χ0n) is 21.4. The van der Waals surface area contributed by atoms with Crippen molar-refractivity contribution in [3.8, 4) is 5.75 Å². The second kappa shape index (κ2) is 13.9. The maximum absolute atomic E-state index is 12.8. The van der Waals surface area contributed by atoms with E-state index in [9.17, 15) is 9.36 Å². The standard InChI is InChI=1S/C26H36N5O5P/c1-3-35-37(33,36-4-2)18-11-20-5-6-22(25(27)28)19-24(20)34-17-14-30-26(32)21-9-15-31(16-10-21)23-7-12-29-13-8-23/h5-8,11-13,18-19,21H,3-4,9-10,14-17H2,1-2H3,(H3,27,28)(H,30,32)/b18-11+. The van der Waals surface area contributed by atoms with Crippen molar-refractivity contribution >= 4 is 31.1 Å². The molecule has 1 aliphatic rings. The highest BCUT2D eigenvalue weighted by molar-refractivity contribution is 7.57. The molecule has 0 bridgehead atoms. The number of carbonyl (C=O) groups excluding carboxylic acids is 1. The number of nitrogen functional groups attached to an aromatic ring is 1. The van der Waals surface area contributed by atoms with Crippen LogP contribution >= 0.6 is 7.60 Å². The molecule has 37 heavy (non-hydrogen) atoms. The molecule has 10 nitrogen and oxygen atoms in total. The van der Waals surface area contributed by atoms with Gasteiger partial charge in [-0.1, -0.05) is 12.1 Å². The van der Waals surface area contributed by atoms with Crippen LogP contribution in [0.15, 0.2) is 48.5 Å². The number of piperidine rings is 1. The van der Waals surface area contributed by atoms with Gasteiger partial charge < -0.3 is 29.7 Å². The molecule has 1 aliphatic heterocycles. The maximum atomic E-state index is 12.8. The Hall–Kier alpha value is -3.20. The summed E-state index contributed by atoms with van der Waals surface area (Å²) in [4.78, 5) is 19.0. The summed E-state index contributed by atoms with van der Waals surface area (Å²) in [6.07, 6.45) is 6.73. The third-order valence-electron chi connectivity index (χ3n) is 5.93. The molecule has 3 rings (SSSR count). The van der Waals surface area contributed by atoms with E-state index in [0.717, 1.165) is 31.6 Å². The van der Waals surface area contributed by atoms with E-state index < -0.39 is 7.60 Å². The van der Waals surface area contributed by atoms with Crippen molar-refractivity contribution in [3.63, 3.8) is 0 Å². The number of aromatic nitrogens is 1. The summed E-state index contributed by atoms with van der Waals surface area (Å²) in [5, 5.41) is 10.7. The molecule has 1 aromatic carbocycles. The average Bonchev–Trinajstić information content (AvgIpc) is 2.91. The van der Waals surface area contributed by atoms with Crippen molar-refractivity contribution in [3.05, 3.63) is 59.7 Å². The van der Waals surface area contributed by atoms with Crippen LogP contribution in [0.1, 0.15) is 37.8 Å². The fourth-order valence-corrected chi connectivity index (χ4v) is 5.36. The number of benzene rings is 1. The number of ether oxygens (including phenoxy) is 1. The monoisotopic (exact) mass is 529 g/mol. The second-order valence-corrected chi connectivity index (χ2v) is 10.4. The molecule has 0 spiro atoms. The molecule has 2 heterocycles. The number of nitrogens with two attached hydrogens (primary N) is 1. The third kappa shape index (κ3) is 8.42. The minimum absolute atomic E-state index is 0.0185. The fraction of sp³-hybridized carbons (Fsp3) is 0.423. The van der Waals surface area contributed by atoms with Crippen molar-refractivity contribution in [1.82, 2.24) is 10.3 Å². The van der Waals surface area contributed by atoms with Gasteiger partial charge in [-0.15, -0.1) is 0 Å². The van der Waals surface area contributed by atoms with Gasteiger partial charge in [-0.05, 0) is 51.0 Å². The van der Waals surface area contributed by atoms with E-state index >= 15 is 0 Å². The molecule has 11 heteroatoms. The SMILES string of the molecule is CCOP(=O)(/C=C/c1ccc(C(=N)N)cc1OCCNC(=O)C1CCN(c2ccncc2)CC1)OCC. The van der Waals surface area contributed by atoms with Gasteiger partial charge in [0, 0.05) is 54.0 Å². The number of nitrogens with one attached hydrogen (secondary N) is 2. The molecule has 0 aliphatic carbocycles. The van der Waals surface area contributed by atoms with Crippen LogP contribution in [0.25, 0.3) is 6.08 Å². The van der Waals surface area contributed by atoms with Crippen LogP contribution in [0.5, 0.6) is 5.75 Å². The number of hydrogen-bond acceptors (Lipinski definition) is 8. The average molecular weight is 530 g/mol. The molecular weight excluding hydrogens is 493 g/mol. The zero-order valence-corrected chi connectivity index (χ0v) is 22.3. The van der Waals surface area contributed by atoms with Gasteiger partial charge >= 0.3 is 7.60 Å². The molecule has 0 atom stereocenters. The number of rotatable bonds is 13. The molecule has 1 amide bonds. The molecule has 0 saturated carbocycles. The molecular formula is C26H36N5O5P. The minimum Gasteiger partial charge on any atom is -0.491 e. The Morgan fingerprint density at radius 3 is 2.49 bits per heavy atom. The van der Waals surface area contributed by atoms with Crippen molar-refractivity contribution in [1.29, 1.82) is 5.41 Å². The summed E-state index contributed by atoms with van der Waals surface area (Å²) in [5.41, 5.74) is 7.88. The lowest BCUT2D eigenvalue weighted by molar-refractivity contribution is -0.125. The quantitative estimate of drug-likeness (QED) is 0.153. The Kier molecular flexibility index (Phi) is 10.7. The lowest BCUT2D eigenvalue weighted by Crippen LogP contribution is -2.41. The number of amides is 1. The zero-order chi connectivity index (χ0) is 26.7. The molecule has 2 aromatic rings. The van der Waals surface area contributed by atoms with Crippen LogP contribution in [0.4, 0.5) is 5.69 Å². The van der Waals surface area contributed by atoms with Crippen LogP contribution in [-0.2, 0) is 18.4 Å². The number of nitrogens with zero attached hydrogens (tertiary/aromatic N) is 2. The van der Waals surface area contributed by atoms with Crippen molar-refractivity contribution in [2.24, 2.45) is 11.7 Å². The van der Waals surface area contributed by atoms with Gasteiger partial charge in [0.25, 0.3) is 0 Å². The van der Waals surface area contributed by atoms with Gasteiger partial charge in [-0.25, -0.2) is 0 Å². The van der Waals surface area contributed by atoms with E-state index in [1.54, 1.807) is 50.5 Å². The first-order chi connectivity index (χ1) is 17.8. The Balaban J connectivity index is 1.55. The molecule has 1 aromatic heterocycles. The summed E-state index contributed by atoms with van der Waals surface area (Å²) in [6, 6.07) is 9.01. The van der Waals surface area contributed by atoms with E-state index in [0.29, 0.717) is 23.4 Å². The second-order valence-electron chi connectivity index (χ2n) is 8.46. The Bertz CT molecular complexity index is 1110. The molecule has 0 unspecified atom stereocenters. The number of carbonyl (C=O) groups is 1. The Morgan fingerprint density at radius 1 is 1.19 bits per heavy atom. The van der Waals surface area contributed by atoms with E-state index in [2.05, 4.69) is 15.2 Å². The molecule has 1 fully saturated rings. The molecule has 1 saturated heterocycles. The minimum atomic E-state index is -3.39. The predicted octanol–water partition coefficient (Wildman–Crippen LogP) is 4.01. The summed E-state index contributed by atoms with van der Waals surface area (Å²) < 4.78 is 29.3. The Labute approximate surface area is 218 Å². The molecule has 0 radical (unpaired) electrons. The van der Waals surface area contributed by atoms with Crippen LogP contribution < -0.4 is 20.7 Å². The highest BCUT2D eigenvalue weighted by atomic mass is 31.2. The predicted molar refractivity (Wildman–Crippen MR) is 145 cm³/mol. The van der Waals surface area contributed by atoms with Crippen LogP contribution in [0.3, 0.4) is 0 Å². The van der Waals surface area contributed by atoms with Gasteiger partial charge in [0.1, 0.15) is 18.2 Å². The largest absolute Gasteiger partial charge is 0.491 e. The first-order valence-corrected chi connectivity index (χ1v) is 14.1. The van der Waals surface area contributed by atoms with Crippen molar-refractivity contribution in [2.45, 2.75) is 26.7 Å². The van der Waals surface area contributed by atoms with Gasteiger partial charge in [0.2, 0.25) is 5.91 Å². The van der Waals surface area contributed by atoms with Gasteiger partial charge in [0.05, 0.1) is 19.8 Å². The highest BCUT2D eigenvalue weighted by Crippen LogP contribution is 2.50. The maximum Gasteiger partial charge on any atom is 0.354 e. The van der Waals surface area contributed by atoms with E-state index in [1.165, 1.54) is 5.82 Å². The topological polar surface area (TPSA) is 140 Å². The van der Waals surface area contributed by atoms with E-state index in [4.69, 9.17) is 24.9 Å². The van der Waals surface area contributed by atoms with Crippen molar-refractivity contribution in [2.75, 3.05) is 44.4 Å². The van der Waals surface area contributed by atoms with Gasteiger partial charge in [-0.2, -0.15) is 0 Å². The van der Waals surface area contributed by atoms with Crippen LogP contribution in [0, 0.1) is 11.3 Å². The number of pyridine rings is 1. The third-order valence-corrected chi connectivity index (χ3v) is 7.68. The summed E-state index contributed by atoms with van der Waals surface area (Å²) >= 11 is 0. The summed E-state index contributed by atoms with van der Waals surface area (Å²) in [7, 11) is -3.39. The molecule has 200 valence electrons. The molecule has 4 N–H and O–H groups in total. The number of hydrogen-bond donors (Lipinski definition) is 3. The van der Waals surface area contributed by atoms with E-state index in [-0.39, 0.29) is 37.5 Å². The lowest BCUT2D eigenvalue weighted by Gasteiger charge is -2.32. The summed E-state index contributed by atoms with van der Waals surface area (Å²) in [6.45, 7) is 6.17. The normalized spacial score (nSPS) is 14.6. The van der Waals surface area contributed by atoms with E-state index in [1.807, 2.05) is 12.1 Å². The lowest BCUT2D eigenvalue weighted by atomic mass is 9.95. The fourth-order valence-electron chi connectivity index (χ4n) is 4.05. The van der Waals surface area contributed by atoms with Gasteiger partial charge in [-0.3, -0.25) is 19.8 Å². The first-order valence-electron chi connectivity index (χ1n) is 12.5. The van der Waals surface area contributed by atoms with Crippen LogP contribution in [-0.4, -0.2) is 56.2 Å². The number of anilines is 1. The first kappa shape index (κ1) is 28.4. The number of amidine groups is 1. The highest BCUT2D eigenvalue weighted by Gasteiger charge is 2.25. The van der Waals surface area contributed by atoms with Crippen molar-refractivity contribution < 1.29 is 23.1 Å². The summed E-state index contributed by atoms with van der Waals surface area (Å²) in [5.74, 6) is 1.73. The smallest absolute Gasteiger partial charge is 0.354 e. The van der Waals surface area contributed by atoms with Gasteiger partial charge in [0.15, 0.2) is 0 Å². The Morgan fingerprint density at radius 2 is 1.86 bits per heavy atom.